The van der Waals surface area contributed by atoms with E-state index in [0.717, 1.165) is 6.42 Å². The number of nitrogens with one attached hydrogen (secondary N) is 1. The molecule has 14 heavy (non-hydrogen) atoms. The number of pyridine rings is 1. The maximum atomic E-state index is 4.18. The van der Waals surface area contributed by atoms with Crippen molar-refractivity contribution in [2.24, 2.45) is 0 Å². The van der Waals surface area contributed by atoms with Crippen LogP contribution in [0.4, 0.5) is 0 Å². The minimum Gasteiger partial charge on any atom is -0.313 e. The van der Waals surface area contributed by atoms with Crippen LogP contribution in [-0.4, -0.2) is 24.0 Å². The van der Waals surface area contributed by atoms with Gasteiger partial charge in [0.1, 0.15) is 0 Å². The number of thioether (sulfide) groups is 1. The summed E-state index contributed by atoms with van der Waals surface area (Å²) in [5.41, 5.74) is 2.64. The Balaban J connectivity index is 2.73. The summed E-state index contributed by atoms with van der Waals surface area (Å²) in [7, 11) is 2.01. The number of hydrogen-bond donors (Lipinski definition) is 1. The first-order valence-electron chi connectivity index (χ1n) is 4.86. The van der Waals surface area contributed by atoms with Crippen LogP contribution in [0.5, 0.6) is 0 Å². The predicted molar refractivity (Wildman–Crippen MR) is 63.8 cm³/mol. The summed E-state index contributed by atoms with van der Waals surface area (Å²) in [6.07, 6.45) is 7.12. The van der Waals surface area contributed by atoms with Crippen molar-refractivity contribution < 1.29 is 0 Å². The van der Waals surface area contributed by atoms with Crippen molar-refractivity contribution in [2.45, 2.75) is 19.4 Å². The fourth-order valence-corrected chi connectivity index (χ4v) is 2.00. The maximum absolute atomic E-state index is 4.18. The molecule has 1 atom stereocenters. The highest BCUT2D eigenvalue weighted by atomic mass is 32.2. The first-order chi connectivity index (χ1) is 6.79. The van der Waals surface area contributed by atoms with E-state index in [0.29, 0.717) is 6.04 Å². The second-order valence-electron chi connectivity index (χ2n) is 3.35. The van der Waals surface area contributed by atoms with Crippen molar-refractivity contribution in [3.05, 3.63) is 29.6 Å². The van der Waals surface area contributed by atoms with Gasteiger partial charge >= 0.3 is 0 Å². The Morgan fingerprint density at radius 2 is 2.36 bits per heavy atom. The lowest BCUT2D eigenvalue weighted by Crippen LogP contribution is -2.18. The summed E-state index contributed by atoms with van der Waals surface area (Å²) in [4.78, 5) is 4.18. The van der Waals surface area contributed by atoms with Crippen LogP contribution in [0.25, 0.3) is 0 Å². The van der Waals surface area contributed by atoms with Gasteiger partial charge < -0.3 is 5.32 Å². The maximum Gasteiger partial charge on any atom is 0.0343 e. The Morgan fingerprint density at radius 3 is 2.93 bits per heavy atom. The van der Waals surface area contributed by atoms with Gasteiger partial charge in [0.05, 0.1) is 0 Å². The number of aryl methyl sites for hydroxylation is 1. The first-order valence-corrected chi connectivity index (χ1v) is 6.25. The fraction of sp³-hybridized carbons (Fsp3) is 0.545. The van der Waals surface area contributed by atoms with Crippen molar-refractivity contribution in [3.8, 4) is 0 Å². The molecule has 0 fully saturated rings. The third-order valence-electron chi connectivity index (χ3n) is 2.41. The summed E-state index contributed by atoms with van der Waals surface area (Å²) in [5, 5.41) is 3.34. The quantitative estimate of drug-likeness (QED) is 0.808. The van der Waals surface area contributed by atoms with E-state index in [1.165, 1.54) is 16.9 Å². The van der Waals surface area contributed by atoms with Crippen LogP contribution < -0.4 is 5.32 Å². The number of aromatic nitrogens is 1. The number of rotatable bonds is 5. The van der Waals surface area contributed by atoms with Crippen molar-refractivity contribution in [2.75, 3.05) is 19.1 Å². The molecule has 1 N–H and O–H groups in total. The zero-order valence-electron chi connectivity index (χ0n) is 9.08. The lowest BCUT2D eigenvalue weighted by atomic mass is 10.0. The van der Waals surface area contributed by atoms with Crippen LogP contribution in [0.1, 0.15) is 23.6 Å². The van der Waals surface area contributed by atoms with E-state index in [1.807, 2.05) is 31.2 Å². The average Bonchev–Trinajstić information content (AvgIpc) is 2.21. The van der Waals surface area contributed by atoms with Crippen molar-refractivity contribution in [1.82, 2.24) is 10.3 Å². The number of hydrogen-bond acceptors (Lipinski definition) is 3. The van der Waals surface area contributed by atoms with E-state index >= 15 is 0 Å². The molecule has 0 radical (unpaired) electrons. The SMILES string of the molecule is CNC(CCSC)c1cnccc1C. The fourth-order valence-electron chi connectivity index (χ4n) is 1.53. The summed E-state index contributed by atoms with van der Waals surface area (Å²) >= 11 is 1.89. The Bertz CT molecular complexity index is 276. The molecule has 0 saturated carbocycles. The first kappa shape index (κ1) is 11.5. The van der Waals surface area contributed by atoms with E-state index < -0.39 is 0 Å². The van der Waals surface area contributed by atoms with Crippen LogP contribution in [0, 0.1) is 6.92 Å². The van der Waals surface area contributed by atoms with Crippen molar-refractivity contribution in [3.63, 3.8) is 0 Å². The highest BCUT2D eigenvalue weighted by molar-refractivity contribution is 7.98. The average molecular weight is 210 g/mol. The molecular weight excluding hydrogens is 192 g/mol. The lowest BCUT2D eigenvalue weighted by Gasteiger charge is -2.17. The second-order valence-corrected chi connectivity index (χ2v) is 4.34. The van der Waals surface area contributed by atoms with E-state index in [1.54, 1.807) is 0 Å². The molecule has 0 amide bonds. The molecule has 0 aliphatic heterocycles. The standard InChI is InChI=1S/C11H18N2S/c1-9-4-6-13-8-10(9)11(12-2)5-7-14-3/h4,6,8,11-12H,5,7H2,1-3H3. The van der Waals surface area contributed by atoms with Crippen LogP contribution in [-0.2, 0) is 0 Å². The van der Waals surface area contributed by atoms with Gasteiger partial charge in [-0.2, -0.15) is 11.8 Å². The summed E-state index contributed by atoms with van der Waals surface area (Å²) in [5.74, 6) is 1.18. The zero-order chi connectivity index (χ0) is 10.4. The van der Waals surface area contributed by atoms with Gasteiger partial charge in [0.25, 0.3) is 0 Å². The molecule has 0 spiro atoms. The minimum absolute atomic E-state index is 0.441. The van der Waals surface area contributed by atoms with Gasteiger partial charge in [-0.15, -0.1) is 0 Å². The predicted octanol–water partition coefficient (Wildman–Crippen LogP) is 2.40. The monoisotopic (exact) mass is 210 g/mol. The molecule has 1 aromatic rings. The van der Waals surface area contributed by atoms with Crippen LogP contribution in [0.15, 0.2) is 18.5 Å². The Hall–Kier alpha value is -0.540. The molecule has 1 unspecified atom stereocenters. The molecule has 0 aliphatic rings. The lowest BCUT2D eigenvalue weighted by molar-refractivity contribution is 0.576. The summed E-state index contributed by atoms with van der Waals surface area (Å²) in [6, 6.07) is 2.51. The molecule has 0 aromatic carbocycles. The van der Waals surface area contributed by atoms with E-state index in [-0.39, 0.29) is 0 Å². The van der Waals surface area contributed by atoms with Gasteiger partial charge in [0.15, 0.2) is 0 Å². The Morgan fingerprint density at radius 1 is 1.57 bits per heavy atom. The van der Waals surface area contributed by atoms with Gasteiger partial charge in [-0.1, -0.05) is 0 Å². The molecule has 78 valence electrons. The molecule has 0 saturated heterocycles. The molecule has 1 aromatic heterocycles. The second kappa shape index (κ2) is 6.04. The molecule has 1 heterocycles. The topological polar surface area (TPSA) is 24.9 Å². The van der Waals surface area contributed by atoms with E-state index in [2.05, 4.69) is 29.5 Å². The summed E-state index contributed by atoms with van der Waals surface area (Å²) in [6.45, 7) is 2.14. The molecule has 1 rings (SSSR count). The Kier molecular flexibility index (Phi) is 4.98. The van der Waals surface area contributed by atoms with Crippen LogP contribution in [0.2, 0.25) is 0 Å². The van der Waals surface area contributed by atoms with Crippen LogP contribution >= 0.6 is 11.8 Å². The third-order valence-corrected chi connectivity index (χ3v) is 3.06. The molecule has 0 aliphatic carbocycles. The highest BCUT2D eigenvalue weighted by Gasteiger charge is 2.10. The summed E-state index contributed by atoms with van der Waals surface area (Å²) < 4.78 is 0. The van der Waals surface area contributed by atoms with E-state index in [9.17, 15) is 0 Å². The third kappa shape index (κ3) is 3.00. The zero-order valence-corrected chi connectivity index (χ0v) is 9.90. The smallest absolute Gasteiger partial charge is 0.0343 e. The van der Waals surface area contributed by atoms with E-state index in [4.69, 9.17) is 0 Å². The van der Waals surface area contributed by atoms with Crippen molar-refractivity contribution in [1.29, 1.82) is 0 Å². The minimum atomic E-state index is 0.441. The van der Waals surface area contributed by atoms with Gasteiger partial charge in [0.2, 0.25) is 0 Å². The Labute approximate surface area is 90.5 Å². The molecule has 3 heteroatoms. The molecular formula is C11H18N2S. The number of nitrogens with zero attached hydrogens (tertiary/aromatic N) is 1. The largest absolute Gasteiger partial charge is 0.313 e. The van der Waals surface area contributed by atoms with Crippen molar-refractivity contribution >= 4 is 11.8 Å². The highest BCUT2D eigenvalue weighted by Crippen LogP contribution is 2.20. The van der Waals surface area contributed by atoms with Gasteiger partial charge in [-0.3, -0.25) is 4.98 Å². The normalized spacial score (nSPS) is 12.8. The van der Waals surface area contributed by atoms with Gasteiger partial charge in [-0.05, 0) is 49.6 Å². The molecule has 0 bridgehead atoms. The van der Waals surface area contributed by atoms with Gasteiger partial charge in [0, 0.05) is 18.4 Å². The van der Waals surface area contributed by atoms with Crippen LogP contribution in [0.3, 0.4) is 0 Å². The van der Waals surface area contributed by atoms with Gasteiger partial charge in [-0.25, -0.2) is 0 Å². The molecule has 2 nitrogen and oxygen atoms in total.